The van der Waals surface area contributed by atoms with Gasteiger partial charge in [-0.25, -0.2) is 4.79 Å². The third-order valence-corrected chi connectivity index (χ3v) is 2.66. The number of ether oxygens (including phenoxy) is 1. The Labute approximate surface area is 104 Å². The monoisotopic (exact) mass is 246 g/mol. The molecule has 0 unspecified atom stereocenters. The zero-order chi connectivity index (χ0) is 13.1. The number of carbonyl (C=O) groups is 2. The summed E-state index contributed by atoms with van der Waals surface area (Å²) in [4.78, 5) is 25.2. The first kappa shape index (κ1) is 12.3. The van der Waals surface area contributed by atoms with Crippen LogP contribution in [0.3, 0.4) is 0 Å². The van der Waals surface area contributed by atoms with Crippen molar-refractivity contribution in [2.45, 2.75) is 19.4 Å². The summed E-state index contributed by atoms with van der Waals surface area (Å²) in [7, 11) is 0. The third-order valence-electron chi connectivity index (χ3n) is 2.66. The molecule has 0 bridgehead atoms. The number of rotatable bonds is 3. The Bertz CT molecular complexity index is 589. The zero-order valence-corrected chi connectivity index (χ0v) is 9.97. The standard InChI is InChI=1S/C13H14N2O3/c1-8(16)18-13(17)11(14)6-9-7-15-12-5-3-2-4-10(9)12/h2-5,7,11,15H,6,14H2,1H3/t11-/m0/s1. The van der Waals surface area contributed by atoms with E-state index in [2.05, 4.69) is 9.72 Å². The molecule has 0 amide bonds. The van der Waals surface area contributed by atoms with Gasteiger partial charge in [0.1, 0.15) is 6.04 Å². The quantitative estimate of drug-likeness (QED) is 0.628. The van der Waals surface area contributed by atoms with Crippen LogP contribution < -0.4 is 5.73 Å². The molecule has 0 aliphatic carbocycles. The predicted octanol–water partition coefficient (Wildman–Crippen LogP) is 1.13. The van der Waals surface area contributed by atoms with Gasteiger partial charge >= 0.3 is 11.9 Å². The number of nitrogens with one attached hydrogen (secondary N) is 1. The van der Waals surface area contributed by atoms with Gasteiger partial charge in [-0.3, -0.25) is 4.79 Å². The number of hydrogen-bond donors (Lipinski definition) is 2. The largest absolute Gasteiger partial charge is 0.392 e. The highest BCUT2D eigenvalue weighted by Crippen LogP contribution is 2.18. The average Bonchev–Trinajstić information content (AvgIpc) is 2.72. The van der Waals surface area contributed by atoms with Crippen LogP contribution in [0.25, 0.3) is 10.9 Å². The molecule has 0 fully saturated rings. The number of benzene rings is 1. The van der Waals surface area contributed by atoms with Gasteiger partial charge in [0.2, 0.25) is 0 Å². The Morgan fingerprint density at radius 1 is 1.39 bits per heavy atom. The molecule has 0 saturated carbocycles. The van der Waals surface area contributed by atoms with E-state index in [0.29, 0.717) is 6.42 Å². The molecule has 1 heterocycles. The minimum atomic E-state index is -0.840. The lowest BCUT2D eigenvalue weighted by Gasteiger charge is -2.08. The van der Waals surface area contributed by atoms with Gasteiger partial charge in [0, 0.05) is 30.4 Å². The van der Waals surface area contributed by atoms with Gasteiger partial charge < -0.3 is 15.5 Å². The zero-order valence-electron chi connectivity index (χ0n) is 9.97. The van der Waals surface area contributed by atoms with Gasteiger partial charge in [-0.15, -0.1) is 0 Å². The van der Waals surface area contributed by atoms with E-state index in [1.165, 1.54) is 6.92 Å². The summed E-state index contributed by atoms with van der Waals surface area (Å²) in [5.74, 6) is -1.35. The average molecular weight is 246 g/mol. The molecule has 0 radical (unpaired) electrons. The van der Waals surface area contributed by atoms with E-state index in [-0.39, 0.29) is 0 Å². The molecule has 3 N–H and O–H groups in total. The van der Waals surface area contributed by atoms with Crippen molar-refractivity contribution in [1.29, 1.82) is 0 Å². The SMILES string of the molecule is CC(=O)OC(=O)[C@@H](N)Cc1c[nH]c2ccccc12. The number of aromatic nitrogens is 1. The third kappa shape index (κ3) is 2.57. The van der Waals surface area contributed by atoms with Gasteiger partial charge in [-0.1, -0.05) is 18.2 Å². The van der Waals surface area contributed by atoms with Gasteiger partial charge in [0.05, 0.1) is 0 Å². The second kappa shape index (κ2) is 5.01. The summed E-state index contributed by atoms with van der Waals surface area (Å²) in [6.07, 6.45) is 2.14. The molecular formula is C13H14N2O3. The number of fused-ring (bicyclic) bond motifs is 1. The van der Waals surface area contributed by atoms with Crippen LogP contribution in [0.15, 0.2) is 30.5 Å². The van der Waals surface area contributed by atoms with Crippen molar-refractivity contribution in [3.05, 3.63) is 36.0 Å². The lowest BCUT2D eigenvalue weighted by Crippen LogP contribution is -2.35. The molecule has 0 aliphatic rings. The first-order chi connectivity index (χ1) is 8.58. The Kier molecular flexibility index (Phi) is 3.43. The van der Waals surface area contributed by atoms with Crippen LogP contribution >= 0.6 is 0 Å². The number of H-pyrrole nitrogens is 1. The number of carbonyl (C=O) groups excluding carboxylic acids is 2. The number of aromatic amines is 1. The molecular weight excluding hydrogens is 232 g/mol. The van der Waals surface area contributed by atoms with Gasteiger partial charge in [0.15, 0.2) is 0 Å². The highest BCUT2D eigenvalue weighted by atomic mass is 16.6. The second-order valence-corrected chi connectivity index (χ2v) is 4.08. The Morgan fingerprint density at radius 3 is 2.83 bits per heavy atom. The molecule has 5 heteroatoms. The van der Waals surface area contributed by atoms with Crippen molar-refractivity contribution in [2.75, 3.05) is 0 Å². The van der Waals surface area contributed by atoms with Crippen LogP contribution in [-0.4, -0.2) is 23.0 Å². The molecule has 0 spiro atoms. The first-order valence-electron chi connectivity index (χ1n) is 5.61. The van der Waals surface area contributed by atoms with E-state index in [1.54, 1.807) is 0 Å². The Balaban J connectivity index is 2.14. The molecule has 1 atom stereocenters. The molecule has 18 heavy (non-hydrogen) atoms. The smallest absolute Gasteiger partial charge is 0.330 e. The molecule has 2 rings (SSSR count). The van der Waals surface area contributed by atoms with Crippen LogP contribution in [-0.2, 0) is 20.7 Å². The molecule has 0 saturated heterocycles. The van der Waals surface area contributed by atoms with E-state index in [1.807, 2.05) is 30.5 Å². The molecule has 1 aromatic heterocycles. The summed E-state index contributed by atoms with van der Waals surface area (Å²) in [5, 5.41) is 1.02. The Hall–Kier alpha value is -2.14. The summed E-state index contributed by atoms with van der Waals surface area (Å²) >= 11 is 0. The maximum Gasteiger partial charge on any atom is 0.330 e. The fourth-order valence-corrected chi connectivity index (χ4v) is 1.84. The van der Waals surface area contributed by atoms with E-state index in [0.717, 1.165) is 16.5 Å². The lowest BCUT2D eigenvalue weighted by molar-refractivity contribution is -0.159. The van der Waals surface area contributed by atoms with E-state index < -0.39 is 18.0 Å². The molecule has 0 aliphatic heterocycles. The van der Waals surface area contributed by atoms with Crippen molar-refractivity contribution in [1.82, 2.24) is 4.98 Å². The van der Waals surface area contributed by atoms with Gasteiger partial charge in [-0.2, -0.15) is 0 Å². The number of hydrogen-bond acceptors (Lipinski definition) is 4. The topological polar surface area (TPSA) is 85.2 Å². The molecule has 1 aromatic carbocycles. The highest BCUT2D eigenvalue weighted by Gasteiger charge is 2.18. The van der Waals surface area contributed by atoms with Crippen LogP contribution in [0.5, 0.6) is 0 Å². The summed E-state index contributed by atoms with van der Waals surface area (Å²) in [5.41, 5.74) is 7.62. The van der Waals surface area contributed by atoms with Crippen molar-refractivity contribution in [3.8, 4) is 0 Å². The number of nitrogens with two attached hydrogens (primary N) is 1. The normalized spacial score (nSPS) is 12.3. The van der Waals surface area contributed by atoms with Crippen LogP contribution in [0.4, 0.5) is 0 Å². The first-order valence-corrected chi connectivity index (χ1v) is 5.61. The highest BCUT2D eigenvalue weighted by molar-refractivity contribution is 5.88. The number of para-hydroxylation sites is 1. The van der Waals surface area contributed by atoms with Gasteiger partial charge in [-0.05, 0) is 11.6 Å². The minimum Gasteiger partial charge on any atom is -0.392 e. The van der Waals surface area contributed by atoms with Crippen molar-refractivity contribution < 1.29 is 14.3 Å². The van der Waals surface area contributed by atoms with Gasteiger partial charge in [0.25, 0.3) is 0 Å². The van der Waals surface area contributed by atoms with Crippen molar-refractivity contribution in [3.63, 3.8) is 0 Å². The van der Waals surface area contributed by atoms with E-state index in [9.17, 15) is 9.59 Å². The van der Waals surface area contributed by atoms with Crippen LogP contribution in [0, 0.1) is 0 Å². The van der Waals surface area contributed by atoms with E-state index >= 15 is 0 Å². The fraction of sp³-hybridized carbons (Fsp3) is 0.231. The van der Waals surface area contributed by atoms with Crippen LogP contribution in [0.2, 0.25) is 0 Å². The molecule has 2 aromatic rings. The number of esters is 2. The molecule has 94 valence electrons. The molecule has 5 nitrogen and oxygen atoms in total. The second-order valence-electron chi connectivity index (χ2n) is 4.08. The maximum atomic E-state index is 11.4. The van der Waals surface area contributed by atoms with Crippen LogP contribution in [0.1, 0.15) is 12.5 Å². The van der Waals surface area contributed by atoms with Crippen molar-refractivity contribution in [2.24, 2.45) is 5.73 Å². The van der Waals surface area contributed by atoms with E-state index in [4.69, 9.17) is 5.73 Å². The Morgan fingerprint density at radius 2 is 2.11 bits per heavy atom. The summed E-state index contributed by atoms with van der Waals surface area (Å²) in [6, 6.07) is 6.89. The predicted molar refractivity (Wildman–Crippen MR) is 66.8 cm³/mol. The summed E-state index contributed by atoms with van der Waals surface area (Å²) < 4.78 is 4.46. The lowest BCUT2D eigenvalue weighted by atomic mass is 10.1. The minimum absolute atomic E-state index is 0.329. The fourth-order valence-electron chi connectivity index (χ4n) is 1.84. The summed E-state index contributed by atoms with van der Waals surface area (Å²) in [6.45, 7) is 1.18. The maximum absolute atomic E-state index is 11.4. The van der Waals surface area contributed by atoms with Crippen molar-refractivity contribution >= 4 is 22.8 Å².